The van der Waals surface area contributed by atoms with Crippen LogP contribution in [0.5, 0.6) is 0 Å². The molecular weight excluding hydrogens is 667 g/mol. The molecule has 0 aliphatic carbocycles. The van der Waals surface area contributed by atoms with Crippen LogP contribution in [-0.4, -0.2) is 14.5 Å². The van der Waals surface area contributed by atoms with Crippen LogP contribution in [0.25, 0.3) is 105 Å². The van der Waals surface area contributed by atoms with Crippen molar-refractivity contribution in [3.63, 3.8) is 0 Å². The lowest BCUT2D eigenvalue weighted by Crippen LogP contribution is -1.97. The third kappa shape index (κ3) is 5.20. The molecule has 3 nitrogen and oxygen atoms in total. The molecular formula is C52H33N3. The van der Waals surface area contributed by atoms with Crippen molar-refractivity contribution in [1.29, 1.82) is 0 Å². The fraction of sp³-hybridized carbons (Fsp3) is 0. The van der Waals surface area contributed by atoms with E-state index in [1.807, 2.05) is 12.1 Å². The van der Waals surface area contributed by atoms with Gasteiger partial charge in [0, 0.05) is 33.2 Å². The number of aromatic nitrogens is 3. The maximum absolute atomic E-state index is 5.08. The van der Waals surface area contributed by atoms with Crippen molar-refractivity contribution < 1.29 is 0 Å². The van der Waals surface area contributed by atoms with E-state index >= 15 is 0 Å². The molecule has 11 rings (SSSR count). The maximum atomic E-state index is 5.08. The normalized spacial score (nSPS) is 11.6. The van der Waals surface area contributed by atoms with E-state index in [1.165, 1.54) is 65.3 Å². The molecule has 0 bridgehead atoms. The Labute approximate surface area is 318 Å². The number of hydrogen-bond donors (Lipinski definition) is 0. The molecule has 0 fully saturated rings. The molecule has 0 unspecified atom stereocenters. The van der Waals surface area contributed by atoms with E-state index in [-0.39, 0.29) is 0 Å². The summed E-state index contributed by atoms with van der Waals surface area (Å²) in [6.45, 7) is 0. The van der Waals surface area contributed by atoms with Crippen LogP contribution >= 0.6 is 0 Å². The average molecular weight is 700 g/mol. The van der Waals surface area contributed by atoms with Gasteiger partial charge < -0.3 is 4.57 Å². The number of para-hydroxylation sites is 1. The summed E-state index contributed by atoms with van der Waals surface area (Å²) in [7, 11) is 0. The third-order valence-electron chi connectivity index (χ3n) is 11.0. The number of hydrogen-bond acceptors (Lipinski definition) is 2. The minimum Gasteiger partial charge on any atom is -0.309 e. The van der Waals surface area contributed by atoms with Crippen molar-refractivity contribution >= 4 is 54.1 Å². The van der Waals surface area contributed by atoms with Crippen LogP contribution in [0, 0.1) is 0 Å². The van der Waals surface area contributed by atoms with E-state index in [0.29, 0.717) is 5.82 Å². The monoisotopic (exact) mass is 699 g/mol. The summed E-state index contributed by atoms with van der Waals surface area (Å²) in [6, 6.07) is 71.6. The van der Waals surface area contributed by atoms with Crippen molar-refractivity contribution in [1.82, 2.24) is 14.5 Å². The van der Waals surface area contributed by atoms with E-state index in [0.717, 1.165) is 33.8 Å². The van der Waals surface area contributed by atoms with Gasteiger partial charge in [-0.1, -0.05) is 146 Å². The van der Waals surface area contributed by atoms with Gasteiger partial charge in [0.05, 0.1) is 22.4 Å². The van der Waals surface area contributed by atoms with Gasteiger partial charge in [-0.3, -0.25) is 0 Å². The molecule has 256 valence electrons. The molecule has 0 atom stereocenters. The molecule has 0 spiro atoms. The molecule has 3 heteroatoms. The number of nitrogens with zero attached hydrogens (tertiary/aromatic N) is 3. The molecule has 0 aliphatic heterocycles. The van der Waals surface area contributed by atoms with Gasteiger partial charge in [0.15, 0.2) is 5.82 Å². The Morgan fingerprint density at radius 3 is 1.64 bits per heavy atom. The first-order chi connectivity index (χ1) is 27.3. The molecule has 0 amide bonds. The van der Waals surface area contributed by atoms with Crippen LogP contribution in [0.1, 0.15) is 0 Å². The Bertz CT molecular complexity index is 3180. The minimum absolute atomic E-state index is 0.703. The first-order valence-electron chi connectivity index (χ1n) is 18.7. The summed E-state index contributed by atoms with van der Waals surface area (Å²) in [4.78, 5) is 10.2. The van der Waals surface area contributed by atoms with Gasteiger partial charge in [-0.15, -0.1) is 0 Å². The molecule has 0 saturated heterocycles. The topological polar surface area (TPSA) is 30.7 Å². The van der Waals surface area contributed by atoms with Crippen LogP contribution in [0.15, 0.2) is 200 Å². The Hall–Kier alpha value is -7.36. The van der Waals surface area contributed by atoms with Crippen molar-refractivity contribution in [3.8, 4) is 50.7 Å². The van der Waals surface area contributed by atoms with Gasteiger partial charge in [0.1, 0.15) is 0 Å². The Morgan fingerprint density at radius 1 is 0.327 bits per heavy atom. The van der Waals surface area contributed by atoms with Gasteiger partial charge in [-0.05, 0) is 98.0 Å². The Kier molecular flexibility index (Phi) is 7.17. The second kappa shape index (κ2) is 12.6. The summed E-state index contributed by atoms with van der Waals surface area (Å²) in [5.74, 6) is 0.703. The molecule has 9 aromatic carbocycles. The van der Waals surface area contributed by atoms with Gasteiger partial charge in [0.2, 0.25) is 0 Å². The van der Waals surface area contributed by atoms with E-state index in [2.05, 4.69) is 193 Å². The summed E-state index contributed by atoms with van der Waals surface area (Å²) in [5, 5.41) is 10.1. The second-order valence-corrected chi connectivity index (χ2v) is 14.2. The van der Waals surface area contributed by atoms with Gasteiger partial charge >= 0.3 is 0 Å². The lowest BCUT2D eigenvalue weighted by Gasteiger charge is -2.13. The van der Waals surface area contributed by atoms with E-state index in [1.54, 1.807) is 0 Å². The first-order valence-corrected chi connectivity index (χ1v) is 18.7. The van der Waals surface area contributed by atoms with Crippen molar-refractivity contribution in [3.05, 3.63) is 200 Å². The fourth-order valence-corrected chi connectivity index (χ4v) is 8.38. The summed E-state index contributed by atoms with van der Waals surface area (Å²) in [5.41, 5.74) is 10.8. The van der Waals surface area contributed by atoms with Gasteiger partial charge in [-0.25, -0.2) is 9.97 Å². The molecule has 55 heavy (non-hydrogen) atoms. The van der Waals surface area contributed by atoms with Crippen molar-refractivity contribution in [2.24, 2.45) is 0 Å². The van der Waals surface area contributed by atoms with Crippen molar-refractivity contribution in [2.75, 3.05) is 0 Å². The standard InChI is InChI=1S/C52H33N3/c1-3-13-35(14-4-1)47-33-48(36-15-5-2-6-16-36)54-52(53-47)37-25-28-40(29-26-37)55-49-22-12-11-21-44(49)51-46-32-39(24-23-34(46)27-30-50(51)55)45-31-38-17-7-8-18-41(38)42-19-9-10-20-43(42)45/h1-33H. The van der Waals surface area contributed by atoms with Gasteiger partial charge in [0.25, 0.3) is 0 Å². The molecule has 0 saturated carbocycles. The number of benzene rings is 9. The Balaban J connectivity index is 1.07. The van der Waals surface area contributed by atoms with E-state index in [9.17, 15) is 0 Å². The van der Waals surface area contributed by atoms with Crippen LogP contribution in [0.4, 0.5) is 0 Å². The quantitative estimate of drug-likeness (QED) is 0.167. The summed E-state index contributed by atoms with van der Waals surface area (Å²) < 4.78 is 2.39. The largest absolute Gasteiger partial charge is 0.309 e. The highest BCUT2D eigenvalue weighted by atomic mass is 15.0. The van der Waals surface area contributed by atoms with E-state index < -0.39 is 0 Å². The highest BCUT2D eigenvalue weighted by Crippen LogP contribution is 2.41. The zero-order chi connectivity index (χ0) is 36.3. The second-order valence-electron chi connectivity index (χ2n) is 14.2. The smallest absolute Gasteiger partial charge is 0.160 e. The minimum atomic E-state index is 0.703. The Morgan fingerprint density at radius 2 is 0.909 bits per heavy atom. The average Bonchev–Trinajstić information content (AvgIpc) is 3.61. The van der Waals surface area contributed by atoms with Crippen LogP contribution in [0.2, 0.25) is 0 Å². The fourth-order valence-electron chi connectivity index (χ4n) is 8.38. The van der Waals surface area contributed by atoms with Crippen LogP contribution in [0.3, 0.4) is 0 Å². The third-order valence-corrected chi connectivity index (χ3v) is 11.0. The maximum Gasteiger partial charge on any atom is 0.160 e. The SMILES string of the molecule is c1ccc(-c2cc(-c3ccccc3)nc(-c3ccc(-n4c5ccccc5c5c6cc(-c7cc8ccccc8c8ccccc78)ccc6ccc54)cc3)n2)cc1. The van der Waals surface area contributed by atoms with Crippen molar-refractivity contribution in [2.45, 2.75) is 0 Å². The summed E-state index contributed by atoms with van der Waals surface area (Å²) >= 11 is 0. The predicted octanol–water partition coefficient (Wildman–Crippen LogP) is 13.7. The highest BCUT2D eigenvalue weighted by Gasteiger charge is 2.17. The first kappa shape index (κ1) is 31.2. The lowest BCUT2D eigenvalue weighted by molar-refractivity contribution is 1.16. The summed E-state index contributed by atoms with van der Waals surface area (Å²) in [6.07, 6.45) is 0. The zero-order valence-electron chi connectivity index (χ0n) is 29.9. The van der Waals surface area contributed by atoms with E-state index in [4.69, 9.17) is 9.97 Å². The molecule has 0 N–H and O–H groups in total. The van der Waals surface area contributed by atoms with Crippen LogP contribution < -0.4 is 0 Å². The zero-order valence-corrected chi connectivity index (χ0v) is 29.9. The van der Waals surface area contributed by atoms with Crippen LogP contribution in [-0.2, 0) is 0 Å². The lowest BCUT2D eigenvalue weighted by atomic mass is 9.91. The highest BCUT2D eigenvalue weighted by molar-refractivity contribution is 6.22. The molecule has 0 radical (unpaired) electrons. The number of fused-ring (bicyclic) bond motifs is 8. The molecule has 2 aromatic heterocycles. The molecule has 0 aliphatic rings. The molecule has 11 aromatic rings. The number of rotatable bonds is 5. The van der Waals surface area contributed by atoms with Gasteiger partial charge in [-0.2, -0.15) is 0 Å². The molecule has 2 heterocycles. The predicted molar refractivity (Wildman–Crippen MR) is 231 cm³/mol.